The predicted molar refractivity (Wildman–Crippen MR) is 135 cm³/mol. The van der Waals surface area contributed by atoms with E-state index >= 15 is 0 Å². The van der Waals surface area contributed by atoms with Crippen LogP contribution in [-0.2, 0) is 25.6 Å². The van der Waals surface area contributed by atoms with Crippen LogP contribution < -0.4 is 27.4 Å². The first kappa shape index (κ1) is 29.7. The summed E-state index contributed by atoms with van der Waals surface area (Å²) in [5.74, 6) is -3.84. The average molecular weight is 521 g/mol. The second kappa shape index (κ2) is 14.3. The van der Waals surface area contributed by atoms with Crippen molar-refractivity contribution in [3.63, 3.8) is 0 Å². The van der Waals surface area contributed by atoms with Gasteiger partial charge in [0.1, 0.15) is 18.1 Å². The van der Waals surface area contributed by atoms with E-state index in [2.05, 4.69) is 20.9 Å². The van der Waals surface area contributed by atoms with Gasteiger partial charge in [-0.2, -0.15) is 0 Å². The van der Waals surface area contributed by atoms with Crippen molar-refractivity contribution in [1.82, 2.24) is 20.9 Å². The van der Waals surface area contributed by atoms with Gasteiger partial charge in [0, 0.05) is 23.5 Å². The van der Waals surface area contributed by atoms with Gasteiger partial charge in [-0.1, -0.05) is 24.6 Å². The third-order valence-corrected chi connectivity index (χ3v) is 5.90. The maximum absolute atomic E-state index is 13.1. The Morgan fingerprint density at radius 2 is 1.68 bits per heavy atom. The van der Waals surface area contributed by atoms with Crippen LogP contribution in [0.1, 0.15) is 31.7 Å². The predicted octanol–water partition coefficient (Wildman–Crippen LogP) is -1.92. The molecule has 3 amide bonds. The normalized spacial score (nSPS) is 15.3. The van der Waals surface area contributed by atoms with Gasteiger partial charge in [0.2, 0.25) is 17.7 Å². The van der Waals surface area contributed by atoms with Crippen LogP contribution in [0.15, 0.2) is 30.5 Å². The summed E-state index contributed by atoms with van der Waals surface area (Å²) in [6.45, 7) is 0.889. The molecule has 37 heavy (non-hydrogen) atoms. The first-order valence-electron chi connectivity index (χ1n) is 12.0. The van der Waals surface area contributed by atoms with E-state index in [4.69, 9.17) is 11.5 Å². The molecular weight excluding hydrogens is 484 g/mol. The maximum atomic E-state index is 13.1. The molecular formula is C24H36N6O7. The van der Waals surface area contributed by atoms with Crippen LogP contribution in [0.3, 0.4) is 0 Å². The SMILES string of the molecule is CC(O)C(NC(=O)C(N)CCCCN)C(=O)NC(Cc1c[nH]c2ccccc12)C(=O)NC(CO)C(=O)O. The number of H-pyrrole nitrogens is 1. The van der Waals surface area contributed by atoms with E-state index in [1.165, 1.54) is 6.92 Å². The number of aliphatic carboxylic acids is 1. The molecule has 0 bridgehead atoms. The molecule has 5 unspecified atom stereocenters. The van der Waals surface area contributed by atoms with Crippen molar-refractivity contribution in [2.75, 3.05) is 13.2 Å². The molecule has 1 aromatic carbocycles. The van der Waals surface area contributed by atoms with E-state index < -0.39 is 60.6 Å². The van der Waals surface area contributed by atoms with Crippen LogP contribution in [0.5, 0.6) is 0 Å². The Balaban J connectivity index is 2.23. The number of nitrogens with one attached hydrogen (secondary N) is 4. The highest BCUT2D eigenvalue weighted by Crippen LogP contribution is 2.19. The lowest BCUT2D eigenvalue weighted by Crippen LogP contribution is -2.60. The minimum Gasteiger partial charge on any atom is -0.480 e. The van der Waals surface area contributed by atoms with Crippen LogP contribution in [0.4, 0.5) is 0 Å². The lowest BCUT2D eigenvalue weighted by Gasteiger charge is -2.26. The van der Waals surface area contributed by atoms with Gasteiger partial charge in [-0.3, -0.25) is 14.4 Å². The number of carboxylic acid groups (broad SMARTS) is 1. The number of aliphatic hydroxyl groups excluding tert-OH is 2. The Labute approximate surface area is 214 Å². The number of aliphatic hydroxyl groups is 2. The number of rotatable bonds is 15. The number of amides is 3. The fraction of sp³-hybridized carbons (Fsp3) is 0.500. The molecule has 5 atom stereocenters. The van der Waals surface area contributed by atoms with E-state index in [-0.39, 0.29) is 6.42 Å². The molecule has 2 rings (SSSR count). The number of hydrogen-bond acceptors (Lipinski definition) is 8. The minimum atomic E-state index is -1.59. The van der Waals surface area contributed by atoms with E-state index in [9.17, 15) is 34.5 Å². The number of nitrogens with two attached hydrogens (primary N) is 2. The minimum absolute atomic E-state index is 0.0432. The summed E-state index contributed by atoms with van der Waals surface area (Å²) in [5.41, 5.74) is 12.8. The molecule has 0 radical (unpaired) electrons. The highest BCUT2D eigenvalue weighted by molar-refractivity contribution is 5.95. The molecule has 0 aliphatic rings. The van der Waals surface area contributed by atoms with Crippen LogP contribution in [0.25, 0.3) is 10.9 Å². The average Bonchev–Trinajstić information content (AvgIpc) is 3.27. The van der Waals surface area contributed by atoms with Crippen molar-refractivity contribution in [1.29, 1.82) is 0 Å². The Morgan fingerprint density at radius 1 is 1.00 bits per heavy atom. The summed E-state index contributed by atoms with van der Waals surface area (Å²) >= 11 is 0. The summed E-state index contributed by atoms with van der Waals surface area (Å²) in [4.78, 5) is 53.0. The van der Waals surface area contributed by atoms with Crippen LogP contribution in [0.2, 0.25) is 0 Å². The van der Waals surface area contributed by atoms with Crippen molar-refractivity contribution in [3.05, 3.63) is 36.0 Å². The molecule has 0 saturated heterocycles. The number of aromatic amines is 1. The quantitative estimate of drug-likeness (QED) is 0.119. The molecule has 0 saturated carbocycles. The van der Waals surface area contributed by atoms with Crippen LogP contribution in [0, 0.1) is 0 Å². The highest BCUT2D eigenvalue weighted by atomic mass is 16.4. The van der Waals surface area contributed by atoms with Gasteiger partial charge in [0.15, 0.2) is 0 Å². The van der Waals surface area contributed by atoms with Crippen molar-refractivity contribution >= 4 is 34.6 Å². The van der Waals surface area contributed by atoms with E-state index in [0.29, 0.717) is 31.4 Å². The lowest BCUT2D eigenvalue weighted by molar-refractivity contribution is -0.143. The van der Waals surface area contributed by atoms with Gasteiger partial charge < -0.3 is 47.7 Å². The molecule has 204 valence electrons. The maximum Gasteiger partial charge on any atom is 0.328 e. The molecule has 2 aromatic rings. The number of carbonyl (C=O) groups excluding carboxylic acids is 3. The topological polar surface area (TPSA) is 233 Å². The van der Waals surface area contributed by atoms with Gasteiger partial charge in [-0.05, 0) is 37.9 Å². The lowest BCUT2D eigenvalue weighted by atomic mass is 10.0. The smallest absolute Gasteiger partial charge is 0.328 e. The third-order valence-electron chi connectivity index (χ3n) is 5.90. The first-order valence-corrected chi connectivity index (χ1v) is 12.0. The molecule has 1 heterocycles. The zero-order valence-electron chi connectivity index (χ0n) is 20.6. The molecule has 1 aromatic heterocycles. The fourth-order valence-corrected chi connectivity index (χ4v) is 3.75. The number of fused-ring (bicyclic) bond motifs is 1. The number of aromatic nitrogens is 1. The van der Waals surface area contributed by atoms with Gasteiger partial charge >= 0.3 is 5.97 Å². The Bertz CT molecular complexity index is 1070. The van der Waals surface area contributed by atoms with Gasteiger partial charge in [0.05, 0.1) is 18.8 Å². The summed E-state index contributed by atoms with van der Waals surface area (Å²) in [7, 11) is 0. The number of para-hydroxylation sites is 1. The van der Waals surface area contributed by atoms with Crippen molar-refractivity contribution in [3.8, 4) is 0 Å². The van der Waals surface area contributed by atoms with Crippen molar-refractivity contribution in [2.24, 2.45) is 11.5 Å². The second-order valence-electron chi connectivity index (χ2n) is 8.82. The number of carboxylic acids is 1. The van der Waals surface area contributed by atoms with Crippen molar-refractivity contribution < 1.29 is 34.5 Å². The molecule has 0 fully saturated rings. The van der Waals surface area contributed by atoms with E-state index in [1.54, 1.807) is 12.3 Å². The summed E-state index contributed by atoms with van der Waals surface area (Å²) in [6.07, 6.45) is 1.91. The zero-order valence-corrected chi connectivity index (χ0v) is 20.6. The Morgan fingerprint density at radius 3 is 2.30 bits per heavy atom. The molecule has 0 aliphatic carbocycles. The summed E-state index contributed by atoms with van der Waals surface area (Å²) in [6, 6.07) is 2.03. The van der Waals surface area contributed by atoms with E-state index in [1.807, 2.05) is 18.2 Å². The number of unbranched alkanes of at least 4 members (excludes halogenated alkanes) is 1. The molecule has 13 nitrogen and oxygen atoms in total. The molecule has 0 aliphatic heterocycles. The van der Waals surface area contributed by atoms with Crippen LogP contribution >= 0.6 is 0 Å². The van der Waals surface area contributed by atoms with Crippen LogP contribution in [-0.4, -0.2) is 87.4 Å². The Kier molecular flexibility index (Phi) is 11.5. The highest BCUT2D eigenvalue weighted by Gasteiger charge is 2.32. The molecule has 13 heteroatoms. The van der Waals surface area contributed by atoms with Crippen molar-refractivity contribution in [2.45, 2.75) is 62.9 Å². The van der Waals surface area contributed by atoms with Gasteiger partial charge in [-0.25, -0.2) is 4.79 Å². The number of benzene rings is 1. The number of carbonyl (C=O) groups is 4. The molecule has 11 N–H and O–H groups in total. The Hall–Kier alpha value is -3.52. The first-order chi connectivity index (χ1) is 17.6. The molecule has 0 spiro atoms. The second-order valence-corrected chi connectivity index (χ2v) is 8.82. The van der Waals surface area contributed by atoms with Gasteiger partial charge in [0.25, 0.3) is 0 Å². The summed E-state index contributed by atoms with van der Waals surface area (Å²) in [5, 5.41) is 36.6. The standard InChI is InChI=1S/C24H36N6O7/c1-13(32)20(30-21(33)16(26)7-4-5-9-25)23(35)28-18(22(34)29-19(12-31)24(36)37)10-14-11-27-17-8-3-2-6-15(14)17/h2-3,6,8,11,13,16,18-20,27,31-32H,4-5,7,9-10,12,25-26H2,1H3,(H,28,35)(H,29,34)(H,30,33)(H,36,37). The monoisotopic (exact) mass is 520 g/mol. The van der Waals surface area contributed by atoms with E-state index in [0.717, 1.165) is 10.9 Å². The number of hydrogen-bond donors (Lipinski definition) is 9. The largest absolute Gasteiger partial charge is 0.480 e. The fourth-order valence-electron chi connectivity index (χ4n) is 3.75. The summed E-state index contributed by atoms with van der Waals surface area (Å²) < 4.78 is 0. The third kappa shape index (κ3) is 8.53. The zero-order chi connectivity index (χ0) is 27.5. The van der Waals surface area contributed by atoms with Gasteiger partial charge in [-0.15, -0.1) is 0 Å².